The molecule has 0 aliphatic rings. The van der Waals surface area contributed by atoms with Gasteiger partial charge in [-0.25, -0.2) is 0 Å². The summed E-state index contributed by atoms with van der Waals surface area (Å²) in [6, 6.07) is 0. The highest BCUT2D eigenvalue weighted by molar-refractivity contribution is 8.01. The number of alkyl halides is 2. The molecule has 0 heterocycles. The van der Waals surface area contributed by atoms with Crippen molar-refractivity contribution in [1.29, 1.82) is 0 Å². The van der Waals surface area contributed by atoms with Crippen LogP contribution in [-0.2, 0) is 0 Å². The third-order valence-electron chi connectivity index (χ3n) is 0.154. The van der Waals surface area contributed by atoms with Gasteiger partial charge in [-0.2, -0.15) is 0 Å². The molecule has 0 amide bonds. The van der Waals surface area contributed by atoms with Crippen LogP contribution in [0.25, 0.3) is 0 Å². The van der Waals surface area contributed by atoms with Crippen molar-refractivity contribution in [3.05, 3.63) is 0 Å². The fraction of sp³-hybridized carbons (Fsp3) is 1.00. The Labute approximate surface area is 45.8 Å². The molecular formula is C2H4Cl2S. The molecule has 0 saturated heterocycles. The molecule has 0 aromatic carbocycles. The van der Waals surface area contributed by atoms with Crippen LogP contribution in [0.1, 0.15) is 0 Å². The van der Waals surface area contributed by atoms with Crippen molar-refractivity contribution in [3.63, 3.8) is 0 Å². The highest BCUT2D eigenvalue weighted by atomic mass is 35.5. The summed E-state index contributed by atoms with van der Waals surface area (Å²) in [5.74, 6) is 0. The highest BCUT2D eigenvalue weighted by Gasteiger charge is 1.71. The summed E-state index contributed by atoms with van der Waals surface area (Å²) in [4.78, 5) is 0. The molecule has 0 bridgehead atoms. The van der Waals surface area contributed by atoms with Crippen molar-refractivity contribution in [1.82, 2.24) is 0 Å². The van der Waals surface area contributed by atoms with Gasteiger partial charge >= 0.3 is 0 Å². The van der Waals surface area contributed by atoms with Gasteiger partial charge < -0.3 is 0 Å². The van der Waals surface area contributed by atoms with Crippen molar-refractivity contribution in [2.75, 3.05) is 10.4 Å². The molecular weight excluding hydrogens is 127 g/mol. The molecule has 0 N–H and O–H groups in total. The van der Waals surface area contributed by atoms with E-state index in [9.17, 15) is 0 Å². The van der Waals surface area contributed by atoms with Gasteiger partial charge in [0.1, 0.15) is 0 Å². The number of thioether (sulfide) groups is 1. The normalized spacial score (nSPS) is 8.40. The predicted molar refractivity (Wildman–Crippen MR) is 29.0 cm³/mol. The Bertz CT molecular complexity index is 15.1. The van der Waals surface area contributed by atoms with Crippen LogP contribution in [0.15, 0.2) is 0 Å². The average Bonchev–Trinajstić information content (AvgIpc) is 1.41. The molecule has 0 nitrogen and oxygen atoms in total. The van der Waals surface area contributed by atoms with Crippen LogP contribution >= 0.6 is 35.0 Å². The third kappa shape index (κ3) is 4.93. The summed E-state index contributed by atoms with van der Waals surface area (Å²) >= 11 is 11.9. The van der Waals surface area contributed by atoms with Crippen LogP contribution < -0.4 is 0 Å². The van der Waals surface area contributed by atoms with Crippen LogP contribution in [0.3, 0.4) is 0 Å². The van der Waals surface area contributed by atoms with Gasteiger partial charge in [0.2, 0.25) is 0 Å². The second-order valence-electron chi connectivity index (χ2n) is 0.422. The van der Waals surface area contributed by atoms with Gasteiger partial charge in [-0.15, -0.1) is 35.0 Å². The number of hydrogen-bond donors (Lipinski definition) is 0. The van der Waals surface area contributed by atoms with Crippen molar-refractivity contribution in [2.45, 2.75) is 0 Å². The lowest BCUT2D eigenvalue weighted by molar-refractivity contribution is 2.12. The van der Waals surface area contributed by atoms with Crippen molar-refractivity contribution in [3.8, 4) is 0 Å². The van der Waals surface area contributed by atoms with E-state index in [1.807, 2.05) is 0 Å². The minimum atomic E-state index is 0.601. The summed E-state index contributed by atoms with van der Waals surface area (Å²) in [5.41, 5.74) is 0. The number of halogens is 2. The van der Waals surface area contributed by atoms with Gasteiger partial charge in [-0.3, -0.25) is 0 Å². The summed E-state index contributed by atoms with van der Waals surface area (Å²) in [7, 11) is 0. The molecule has 0 aliphatic heterocycles. The van der Waals surface area contributed by atoms with E-state index in [1.54, 1.807) is 0 Å². The molecule has 0 radical (unpaired) electrons. The van der Waals surface area contributed by atoms with Crippen LogP contribution in [0.4, 0.5) is 0 Å². The van der Waals surface area contributed by atoms with Crippen LogP contribution in [0.2, 0.25) is 0 Å². The van der Waals surface area contributed by atoms with Crippen LogP contribution in [0, 0.1) is 0 Å². The smallest absolute Gasteiger partial charge is 0.0692 e. The standard InChI is InChI=1S/C2H4Cl2S/c3-1-5-2-4/h1-2H2. The molecule has 0 rings (SSSR count). The lowest BCUT2D eigenvalue weighted by Crippen LogP contribution is -1.56. The molecule has 0 unspecified atom stereocenters. The van der Waals surface area contributed by atoms with E-state index in [1.165, 1.54) is 11.8 Å². The minimum Gasteiger partial charge on any atom is -0.129 e. The van der Waals surface area contributed by atoms with Crippen LogP contribution in [-0.4, -0.2) is 10.4 Å². The fourth-order valence-electron chi connectivity index (χ4n) is 0.0292. The minimum absolute atomic E-state index is 0.601. The van der Waals surface area contributed by atoms with Crippen LogP contribution in [0.5, 0.6) is 0 Å². The monoisotopic (exact) mass is 130 g/mol. The largest absolute Gasteiger partial charge is 0.129 e. The Morgan fingerprint density at radius 1 is 1.20 bits per heavy atom. The van der Waals surface area contributed by atoms with Gasteiger partial charge in [0.15, 0.2) is 0 Å². The van der Waals surface area contributed by atoms with Gasteiger partial charge in [-0.1, -0.05) is 0 Å². The lowest BCUT2D eigenvalue weighted by atomic mass is 11.9. The Hall–Kier alpha value is 0.930. The first-order chi connectivity index (χ1) is 2.41. The molecule has 0 atom stereocenters. The molecule has 0 aliphatic carbocycles. The Kier molecular flexibility index (Phi) is 5.85. The molecule has 0 saturated carbocycles. The first kappa shape index (κ1) is 5.93. The molecule has 5 heavy (non-hydrogen) atoms. The average molecular weight is 131 g/mol. The van der Waals surface area contributed by atoms with Crippen molar-refractivity contribution < 1.29 is 0 Å². The zero-order valence-electron chi connectivity index (χ0n) is 2.58. The fourth-order valence-corrected chi connectivity index (χ4v) is 0.787. The predicted octanol–water partition coefficient (Wildman–Crippen LogP) is 2.11. The van der Waals surface area contributed by atoms with Gasteiger partial charge in [-0.05, 0) is 0 Å². The van der Waals surface area contributed by atoms with E-state index in [-0.39, 0.29) is 0 Å². The zero-order valence-corrected chi connectivity index (χ0v) is 4.91. The van der Waals surface area contributed by atoms with Gasteiger partial charge in [0.05, 0.1) is 10.4 Å². The molecule has 0 spiro atoms. The quantitative estimate of drug-likeness (QED) is 0.517. The number of rotatable bonds is 2. The maximum Gasteiger partial charge on any atom is 0.0692 e. The molecule has 0 aromatic heterocycles. The van der Waals surface area contributed by atoms with E-state index in [0.29, 0.717) is 10.4 Å². The highest BCUT2D eigenvalue weighted by Crippen LogP contribution is 2.02. The topological polar surface area (TPSA) is 0 Å². The SMILES string of the molecule is ClCSCCl. The summed E-state index contributed by atoms with van der Waals surface area (Å²) < 4.78 is 0. The molecule has 32 valence electrons. The summed E-state index contributed by atoms with van der Waals surface area (Å²) in [6.45, 7) is 0. The third-order valence-corrected chi connectivity index (χ3v) is 1.39. The van der Waals surface area contributed by atoms with Crippen molar-refractivity contribution in [2.24, 2.45) is 0 Å². The first-order valence-electron chi connectivity index (χ1n) is 1.11. The lowest BCUT2D eigenvalue weighted by Gasteiger charge is -1.76. The maximum atomic E-state index is 5.18. The zero-order chi connectivity index (χ0) is 4.12. The van der Waals surface area contributed by atoms with E-state index in [0.717, 1.165) is 0 Å². The van der Waals surface area contributed by atoms with Crippen molar-refractivity contribution >= 4 is 35.0 Å². The van der Waals surface area contributed by atoms with Gasteiger partial charge in [0.25, 0.3) is 0 Å². The Balaban J connectivity index is 2.19. The molecule has 3 heteroatoms. The maximum absolute atomic E-state index is 5.18. The second kappa shape index (κ2) is 4.93. The summed E-state index contributed by atoms with van der Waals surface area (Å²) in [6.07, 6.45) is 0. The molecule has 0 fully saturated rings. The van der Waals surface area contributed by atoms with E-state index in [4.69, 9.17) is 23.2 Å². The summed E-state index contributed by atoms with van der Waals surface area (Å²) in [5, 5.41) is 1.20. The number of hydrogen-bond acceptors (Lipinski definition) is 1. The molecule has 0 aromatic rings. The van der Waals surface area contributed by atoms with E-state index < -0.39 is 0 Å². The van der Waals surface area contributed by atoms with Gasteiger partial charge in [0, 0.05) is 0 Å². The second-order valence-corrected chi connectivity index (χ2v) is 2.58. The first-order valence-corrected chi connectivity index (χ1v) is 3.34. The van der Waals surface area contributed by atoms with E-state index in [2.05, 4.69) is 0 Å². The van der Waals surface area contributed by atoms with E-state index >= 15 is 0 Å². The Morgan fingerprint density at radius 3 is 1.60 bits per heavy atom. The Morgan fingerprint density at radius 2 is 1.60 bits per heavy atom.